The van der Waals surface area contributed by atoms with E-state index in [1.54, 1.807) is 43.3 Å². The maximum absolute atomic E-state index is 13.1. The normalized spacial score (nSPS) is 10.5. The van der Waals surface area contributed by atoms with Crippen LogP contribution in [0.2, 0.25) is 10.0 Å². The lowest BCUT2D eigenvalue weighted by Crippen LogP contribution is -2.14. The Bertz CT molecular complexity index is 1020. The van der Waals surface area contributed by atoms with Gasteiger partial charge in [-0.3, -0.25) is 14.2 Å². The molecule has 0 saturated carbocycles. The minimum absolute atomic E-state index is 0. The number of carbonyl (C=O) groups excluding carboxylic acids is 1. The summed E-state index contributed by atoms with van der Waals surface area (Å²) >= 11 is 12.1. The number of ether oxygens (including phenoxy) is 1. The van der Waals surface area contributed by atoms with Crippen molar-refractivity contribution in [3.63, 3.8) is 0 Å². The monoisotopic (exact) mass is 407 g/mol. The SMILES string of the molecule is C.COc1cc2c(CC(=O)O)c(C)n(C(=O)c3ccc(Cl)cc3)c2cc1Cl. The van der Waals surface area contributed by atoms with Gasteiger partial charge in [-0.2, -0.15) is 0 Å². The zero-order valence-corrected chi connectivity index (χ0v) is 15.6. The molecular weight excluding hydrogens is 389 g/mol. The molecule has 2 aromatic carbocycles. The van der Waals surface area contributed by atoms with Gasteiger partial charge in [-0.05, 0) is 48.9 Å². The molecule has 0 aliphatic heterocycles. The molecule has 142 valence electrons. The van der Waals surface area contributed by atoms with Gasteiger partial charge in [0.1, 0.15) is 5.75 Å². The third kappa shape index (κ3) is 3.80. The van der Waals surface area contributed by atoms with E-state index >= 15 is 0 Å². The summed E-state index contributed by atoms with van der Waals surface area (Å²) < 4.78 is 6.71. The number of hydrogen-bond acceptors (Lipinski definition) is 3. The van der Waals surface area contributed by atoms with Gasteiger partial charge in [-0.15, -0.1) is 0 Å². The molecule has 5 nitrogen and oxygen atoms in total. The van der Waals surface area contributed by atoms with Crippen molar-refractivity contribution in [2.75, 3.05) is 7.11 Å². The van der Waals surface area contributed by atoms with Crippen molar-refractivity contribution in [3.8, 4) is 5.75 Å². The Kier molecular flexibility index (Phi) is 6.19. The summed E-state index contributed by atoms with van der Waals surface area (Å²) in [5.41, 5.74) is 2.06. The van der Waals surface area contributed by atoms with Crippen molar-refractivity contribution < 1.29 is 19.4 Å². The van der Waals surface area contributed by atoms with Gasteiger partial charge in [0.05, 0.1) is 24.1 Å². The van der Waals surface area contributed by atoms with Crippen molar-refractivity contribution in [2.24, 2.45) is 0 Å². The number of fused-ring (bicyclic) bond motifs is 1. The van der Waals surface area contributed by atoms with Gasteiger partial charge in [0.2, 0.25) is 0 Å². The lowest BCUT2D eigenvalue weighted by atomic mass is 10.1. The molecule has 1 aromatic heterocycles. The van der Waals surface area contributed by atoms with Crippen LogP contribution in [0.15, 0.2) is 36.4 Å². The van der Waals surface area contributed by atoms with E-state index < -0.39 is 5.97 Å². The van der Waals surface area contributed by atoms with Crippen LogP contribution in [0.4, 0.5) is 0 Å². The van der Waals surface area contributed by atoms with Crippen LogP contribution in [0.25, 0.3) is 10.9 Å². The molecule has 0 bridgehead atoms. The summed E-state index contributed by atoms with van der Waals surface area (Å²) in [6.07, 6.45) is -0.214. The van der Waals surface area contributed by atoms with Crippen LogP contribution in [0.5, 0.6) is 5.75 Å². The number of nitrogens with zero attached hydrogens (tertiary/aromatic N) is 1. The number of benzene rings is 2. The first-order valence-electron chi connectivity index (χ1n) is 7.73. The number of halogens is 2. The van der Waals surface area contributed by atoms with E-state index in [0.29, 0.717) is 43.5 Å². The molecule has 0 radical (unpaired) electrons. The Morgan fingerprint density at radius 1 is 1.15 bits per heavy atom. The second-order valence-corrected chi connectivity index (χ2v) is 6.63. The van der Waals surface area contributed by atoms with Gasteiger partial charge in [-0.25, -0.2) is 0 Å². The third-order valence-electron chi connectivity index (χ3n) is 4.23. The first-order valence-corrected chi connectivity index (χ1v) is 8.48. The van der Waals surface area contributed by atoms with Gasteiger partial charge >= 0.3 is 5.97 Å². The van der Waals surface area contributed by atoms with Crippen molar-refractivity contribution >= 4 is 46.0 Å². The first kappa shape index (κ1) is 20.8. The van der Waals surface area contributed by atoms with Crippen molar-refractivity contribution in [1.29, 1.82) is 0 Å². The van der Waals surface area contributed by atoms with E-state index in [1.165, 1.54) is 11.7 Å². The average molecular weight is 408 g/mol. The van der Waals surface area contributed by atoms with Crippen molar-refractivity contribution in [3.05, 3.63) is 63.3 Å². The maximum Gasteiger partial charge on any atom is 0.307 e. The third-order valence-corrected chi connectivity index (χ3v) is 4.78. The highest BCUT2D eigenvalue weighted by Gasteiger charge is 2.22. The van der Waals surface area contributed by atoms with Gasteiger partial charge in [0.15, 0.2) is 0 Å². The molecular formula is C20H19Cl2NO4. The molecule has 1 N–H and O–H groups in total. The molecule has 7 heteroatoms. The summed E-state index contributed by atoms with van der Waals surface area (Å²) in [5.74, 6) is -0.857. The minimum atomic E-state index is -0.986. The lowest BCUT2D eigenvalue weighted by molar-refractivity contribution is -0.136. The van der Waals surface area contributed by atoms with E-state index in [-0.39, 0.29) is 19.8 Å². The summed E-state index contributed by atoms with van der Waals surface area (Å²) in [6, 6.07) is 9.78. The Morgan fingerprint density at radius 2 is 1.78 bits per heavy atom. The summed E-state index contributed by atoms with van der Waals surface area (Å²) in [7, 11) is 1.48. The van der Waals surface area contributed by atoms with E-state index in [9.17, 15) is 14.7 Å². The molecule has 3 rings (SSSR count). The second-order valence-electron chi connectivity index (χ2n) is 5.79. The summed E-state index contributed by atoms with van der Waals surface area (Å²) in [6.45, 7) is 1.71. The molecule has 1 heterocycles. The fraction of sp³-hybridized carbons (Fsp3) is 0.200. The molecule has 0 spiro atoms. The van der Waals surface area contributed by atoms with Crippen LogP contribution < -0.4 is 4.74 Å². The quantitative estimate of drug-likeness (QED) is 0.643. The number of rotatable bonds is 4. The van der Waals surface area contributed by atoms with Crippen LogP contribution in [-0.2, 0) is 11.2 Å². The largest absolute Gasteiger partial charge is 0.495 e. The molecule has 0 unspecified atom stereocenters. The van der Waals surface area contributed by atoms with Gasteiger partial charge in [0.25, 0.3) is 5.91 Å². The molecule has 0 aliphatic rings. The lowest BCUT2D eigenvalue weighted by Gasteiger charge is -2.08. The first-order chi connectivity index (χ1) is 12.3. The molecule has 0 atom stereocenters. The second kappa shape index (κ2) is 8.03. The van der Waals surface area contributed by atoms with Crippen molar-refractivity contribution in [2.45, 2.75) is 20.8 Å². The molecule has 0 amide bonds. The van der Waals surface area contributed by atoms with Crippen LogP contribution in [-0.4, -0.2) is 28.7 Å². The van der Waals surface area contributed by atoms with E-state index in [1.807, 2.05) is 0 Å². The number of carboxylic acids is 1. The van der Waals surface area contributed by atoms with Gasteiger partial charge in [0, 0.05) is 21.7 Å². The van der Waals surface area contributed by atoms with E-state index in [0.717, 1.165) is 0 Å². The van der Waals surface area contributed by atoms with Crippen LogP contribution in [0.1, 0.15) is 29.0 Å². The predicted octanol–water partition coefficient (Wildman–Crippen LogP) is 5.22. The molecule has 0 aliphatic carbocycles. The highest BCUT2D eigenvalue weighted by atomic mass is 35.5. The maximum atomic E-state index is 13.1. The standard InChI is InChI=1S/C19H15Cl2NO4.CH4/c1-10-13(8-18(23)24)14-7-17(26-2)15(21)9-16(14)22(10)19(25)11-3-5-12(20)6-4-11;/h3-7,9H,8H2,1-2H3,(H,23,24);1H4. The minimum Gasteiger partial charge on any atom is -0.495 e. The van der Waals surface area contributed by atoms with E-state index in [2.05, 4.69) is 0 Å². The van der Waals surface area contributed by atoms with Crippen LogP contribution in [0, 0.1) is 6.92 Å². The zero-order chi connectivity index (χ0) is 19.0. The molecule has 0 saturated heterocycles. The Morgan fingerprint density at radius 3 is 2.33 bits per heavy atom. The van der Waals surface area contributed by atoms with Crippen LogP contribution in [0.3, 0.4) is 0 Å². The Labute approximate surface area is 167 Å². The Hall–Kier alpha value is -2.50. The van der Waals surface area contributed by atoms with Crippen molar-refractivity contribution in [1.82, 2.24) is 4.57 Å². The number of aliphatic carboxylic acids is 1. The number of hydrogen-bond donors (Lipinski definition) is 1. The summed E-state index contributed by atoms with van der Waals surface area (Å²) in [5, 5.41) is 10.7. The van der Waals surface area contributed by atoms with Gasteiger partial charge in [-0.1, -0.05) is 30.6 Å². The number of methoxy groups -OCH3 is 1. The van der Waals surface area contributed by atoms with E-state index in [4.69, 9.17) is 27.9 Å². The highest BCUT2D eigenvalue weighted by molar-refractivity contribution is 6.33. The number of carboxylic acid groups (broad SMARTS) is 1. The molecule has 27 heavy (non-hydrogen) atoms. The summed E-state index contributed by atoms with van der Waals surface area (Å²) in [4.78, 5) is 24.4. The fourth-order valence-electron chi connectivity index (χ4n) is 2.99. The molecule has 3 aromatic rings. The number of aromatic nitrogens is 1. The van der Waals surface area contributed by atoms with Gasteiger partial charge < -0.3 is 9.84 Å². The average Bonchev–Trinajstić information content (AvgIpc) is 2.85. The Balaban J connectivity index is 0.00000261. The number of carbonyl (C=O) groups is 2. The fourth-order valence-corrected chi connectivity index (χ4v) is 3.36. The highest BCUT2D eigenvalue weighted by Crippen LogP contribution is 2.35. The topological polar surface area (TPSA) is 68.5 Å². The van der Waals surface area contributed by atoms with Crippen LogP contribution >= 0.6 is 23.2 Å². The zero-order valence-electron chi connectivity index (χ0n) is 14.0. The molecule has 0 fully saturated rings. The smallest absolute Gasteiger partial charge is 0.307 e. The predicted molar refractivity (Wildman–Crippen MR) is 107 cm³/mol.